The largest absolute Gasteiger partial charge is 0.465 e. The molecule has 0 spiro atoms. The molecule has 0 radical (unpaired) electrons. The Hall–Kier alpha value is -3.09. The van der Waals surface area contributed by atoms with Crippen LogP contribution in [0.15, 0.2) is 59.5 Å². The highest BCUT2D eigenvalue weighted by atomic mass is 32.2. The van der Waals surface area contributed by atoms with Gasteiger partial charge in [0.2, 0.25) is 0 Å². The number of nitrogens with zero attached hydrogens (tertiary/aromatic N) is 1. The molecule has 35 heavy (non-hydrogen) atoms. The molecule has 0 saturated heterocycles. The summed E-state index contributed by atoms with van der Waals surface area (Å²) in [4.78, 5) is 29.5. The Bertz CT molecular complexity index is 1240. The predicted octanol–water partition coefficient (Wildman–Crippen LogP) is 6.12. The number of rotatable bonds is 7. The number of methoxy groups -OCH3 is 2. The van der Waals surface area contributed by atoms with Crippen LogP contribution < -0.4 is 0 Å². The number of hydrogen-bond acceptors (Lipinski definition) is 6. The zero-order valence-electron chi connectivity index (χ0n) is 20.7. The summed E-state index contributed by atoms with van der Waals surface area (Å²) in [6, 6.07) is 18.8. The minimum Gasteiger partial charge on any atom is -0.465 e. The standard InChI is InChI=1S/C29H31NO4S/c1-5-11-22-24-21-15-10-9-14-20(21)17-30(16-19-12-7-6-8-13-19)18-23(24)27(35-4)26(29(32)34-3)25(22)28(31)33-2/h6-10,12-15H,5,11,16-18H2,1-4H3. The lowest BCUT2D eigenvalue weighted by Gasteiger charge is -2.25. The summed E-state index contributed by atoms with van der Waals surface area (Å²) in [7, 11) is 2.72. The van der Waals surface area contributed by atoms with Gasteiger partial charge in [-0.1, -0.05) is 67.9 Å². The number of carbonyl (C=O) groups excluding carboxylic acids is 2. The molecule has 3 aromatic rings. The van der Waals surface area contributed by atoms with Gasteiger partial charge in [0.15, 0.2) is 0 Å². The second kappa shape index (κ2) is 11.1. The molecule has 182 valence electrons. The average molecular weight is 490 g/mol. The molecular formula is C29H31NO4S. The fraction of sp³-hybridized carbons (Fsp3) is 0.310. The molecule has 1 aliphatic heterocycles. The van der Waals surface area contributed by atoms with E-state index in [0.717, 1.165) is 46.7 Å². The second-order valence-electron chi connectivity index (χ2n) is 8.64. The van der Waals surface area contributed by atoms with Crippen molar-refractivity contribution in [3.63, 3.8) is 0 Å². The van der Waals surface area contributed by atoms with E-state index >= 15 is 0 Å². The topological polar surface area (TPSA) is 55.8 Å². The summed E-state index contributed by atoms with van der Waals surface area (Å²) in [6.07, 6.45) is 3.42. The van der Waals surface area contributed by atoms with Crippen LogP contribution in [0.3, 0.4) is 0 Å². The van der Waals surface area contributed by atoms with Crippen LogP contribution in [0.4, 0.5) is 0 Å². The number of benzene rings is 3. The number of fused-ring (bicyclic) bond motifs is 3. The van der Waals surface area contributed by atoms with Crippen molar-refractivity contribution in [1.29, 1.82) is 0 Å². The average Bonchev–Trinajstić information content (AvgIpc) is 3.04. The molecule has 5 nitrogen and oxygen atoms in total. The van der Waals surface area contributed by atoms with Crippen molar-refractivity contribution >= 4 is 23.7 Å². The summed E-state index contributed by atoms with van der Waals surface area (Å²) in [5.74, 6) is -1.02. The van der Waals surface area contributed by atoms with Crippen molar-refractivity contribution in [1.82, 2.24) is 4.90 Å². The third-order valence-corrected chi connectivity index (χ3v) is 7.31. The molecule has 0 atom stereocenters. The van der Waals surface area contributed by atoms with E-state index in [1.165, 1.54) is 37.1 Å². The van der Waals surface area contributed by atoms with E-state index in [-0.39, 0.29) is 0 Å². The first-order valence-electron chi connectivity index (χ1n) is 11.8. The van der Waals surface area contributed by atoms with E-state index in [0.29, 0.717) is 24.1 Å². The molecule has 0 unspecified atom stereocenters. The molecule has 0 N–H and O–H groups in total. The summed E-state index contributed by atoms with van der Waals surface area (Å²) in [6.45, 7) is 4.27. The maximum Gasteiger partial charge on any atom is 0.339 e. The molecule has 4 rings (SSSR count). The van der Waals surface area contributed by atoms with E-state index in [1.807, 2.05) is 18.4 Å². The summed E-state index contributed by atoms with van der Waals surface area (Å²) in [5.41, 5.74) is 7.16. The first-order chi connectivity index (χ1) is 17.0. The van der Waals surface area contributed by atoms with E-state index in [9.17, 15) is 9.59 Å². The van der Waals surface area contributed by atoms with E-state index in [2.05, 4.69) is 54.3 Å². The van der Waals surface area contributed by atoms with Crippen molar-refractivity contribution in [3.05, 3.63) is 88.0 Å². The Morgan fingerprint density at radius 2 is 1.57 bits per heavy atom. The molecule has 6 heteroatoms. The lowest BCUT2D eigenvalue weighted by Crippen LogP contribution is -2.23. The maximum atomic E-state index is 13.2. The molecule has 1 heterocycles. The van der Waals surface area contributed by atoms with Gasteiger partial charge in [-0.25, -0.2) is 9.59 Å². The Kier molecular flexibility index (Phi) is 7.93. The lowest BCUT2D eigenvalue weighted by atomic mass is 9.84. The third-order valence-electron chi connectivity index (χ3n) is 6.45. The van der Waals surface area contributed by atoms with Gasteiger partial charge in [-0.2, -0.15) is 0 Å². The van der Waals surface area contributed by atoms with Crippen LogP contribution in [0.2, 0.25) is 0 Å². The smallest absolute Gasteiger partial charge is 0.339 e. The van der Waals surface area contributed by atoms with Crippen LogP contribution in [0, 0.1) is 0 Å². The van der Waals surface area contributed by atoms with Crippen molar-refractivity contribution in [2.45, 2.75) is 44.3 Å². The van der Waals surface area contributed by atoms with Gasteiger partial charge >= 0.3 is 11.9 Å². The summed E-state index contributed by atoms with van der Waals surface area (Å²) >= 11 is 1.48. The quantitative estimate of drug-likeness (QED) is 0.295. The minimum atomic E-state index is -0.512. The molecule has 0 bridgehead atoms. The fourth-order valence-electron chi connectivity index (χ4n) is 5.04. The first-order valence-corrected chi connectivity index (χ1v) is 13.0. The number of thioether (sulfide) groups is 1. The SMILES string of the molecule is CCCc1c(C(=O)OC)c(C(=O)OC)c(SC)c2c1-c1ccccc1CN(Cc1ccccc1)C2. The Morgan fingerprint density at radius 3 is 2.23 bits per heavy atom. The van der Waals surface area contributed by atoms with Gasteiger partial charge in [0.1, 0.15) is 0 Å². The van der Waals surface area contributed by atoms with E-state index in [4.69, 9.17) is 9.47 Å². The van der Waals surface area contributed by atoms with Gasteiger partial charge in [0.05, 0.1) is 25.3 Å². The van der Waals surface area contributed by atoms with Crippen molar-refractivity contribution < 1.29 is 19.1 Å². The number of ether oxygens (including phenoxy) is 2. The zero-order chi connectivity index (χ0) is 24.9. The maximum absolute atomic E-state index is 13.2. The van der Waals surface area contributed by atoms with Crippen LogP contribution in [0.5, 0.6) is 0 Å². The van der Waals surface area contributed by atoms with Crippen molar-refractivity contribution in [3.8, 4) is 11.1 Å². The lowest BCUT2D eigenvalue weighted by molar-refractivity contribution is 0.0550. The van der Waals surface area contributed by atoms with Gasteiger partial charge in [0, 0.05) is 24.5 Å². The second-order valence-corrected chi connectivity index (χ2v) is 9.45. The van der Waals surface area contributed by atoms with Crippen molar-refractivity contribution in [2.24, 2.45) is 0 Å². The van der Waals surface area contributed by atoms with Crippen LogP contribution in [-0.2, 0) is 35.5 Å². The van der Waals surface area contributed by atoms with Crippen LogP contribution in [0.1, 0.15) is 56.3 Å². The van der Waals surface area contributed by atoms with Gasteiger partial charge in [-0.05, 0) is 46.1 Å². The monoisotopic (exact) mass is 489 g/mol. The molecule has 0 aliphatic carbocycles. The van der Waals surface area contributed by atoms with Crippen LogP contribution in [0.25, 0.3) is 11.1 Å². The number of esters is 2. The normalized spacial score (nSPS) is 12.9. The van der Waals surface area contributed by atoms with Gasteiger partial charge in [0.25, 0.3) is 0 Å². The Morgan fingerprint density at radius 1 is 0.914 bits per heavy atom. The summed E-state index contributed by atoms with van der Waals surface area (Å²) < 4.78 is 10.4. The molecule has 3 aromatic carbocycles. The van der Waals surface area contributed by atoms with Gasteiger partial charge in [-0.15, -0.1) is 11.8 Å². The third kappa shape index (κ3) is 4.86. The highest BCUT2D eigenvalue weighted by Crippen LogP contribution is 2.44. The van der Waals surface area contributed by atoms with E-state index < -0.39 is 11.9 Å². The number of carbonyl (C=O) groups is 2. The molecular weight excluding hydrogens is 458 g/mol. The van der Waals surface area contributed by atoms with Crippen LogP contribution in [-0.4, -0.2) is 37.3 Å². The van der Waals surface area contributed by atoms with Crippen LogP contribution >= 0.6 is 11.8 Å². The zero-order valence-corrected chi connectivity index (χ0v) is 21.5. The minimum absolute atomic E-state index is 0.313. The highest BCUT2D eigenvalue weighted by Gasteiger charge is 2.34. The van der Waals surface area contributed by atoms with E-state index in [1.54, 1.807) is 0 Å². The van der Waals surface area contributed by atoms with Crippen molar-refractivity contribution in [2.75, 3.05) is 20.5 Å². The molecule has 0 amide bonds. The number of hydrogen-bond donors (Lipinski definition) is 0. The van der Waals surface area contributed by atoms with Gasteiger partial charge in [-0.3, -0.25) is 4.90 Å². The first kappa shape index (κ1) is 25.0. The molecule has 1 aliphatic rings. The molecule has 0 saturated carbocycles. The Labute approximate surface area is 211 Å². The molecule has 0 fully saturated rings. The summed E-state index contributed by atoms with van der Waals surface area (Å²) in [5, 5.41) is 0. The highest BCUT2D eigenvalue weighted by molar-refractivity contribution is 7.98. The molecule has 0 aromatic heterocycles. The predicted molar refractivity (Wildman–Crippen MR) is 140 cm³/mol. The Balaban J connectivity index is 2.06. The van der Waals surface area contributed by atoms with Gasteiger partial charge < -0.3 is 9.47 Å². The fourth-order valence-corrected chi connectivity index (χ4v) is 5.84.